The Morgan fingerprint density at radius 2 is 2.00 bits per heavy atom. The molecule has 3 heterocycles. The number of carboxylic acid groups (broad SMARTS) is 1. The van der Waals surface area contributed by atoms with E-state index in [2.05, 4.69) is 25.6 Å². The zero-order chi connectivity index (χ0) is 27.8. The molecule has 0 aliphatic heterocycles. The van der Waals surface area contributed by atoms with Crippen LogP contribution in [-0.4, -0.2) is 67.6 Å². The van der Waals surface area contributed by atoms with Crippen molar-refractivity contribution in [1.29, 1.82) is 0 Å². The van der Waals surface area contributed by atoms with Gasteiger partial charge in [-0.25, -0.2) is 14.8 Å². The van der Waals surface area contributed by atoms with Crippen LogP contribution in [0.1, 0.15) is 38.1 Å². The number of hydrogen-bond donors (Lipinski definition) is 4. The normalized spacial score (nSPS) is 11.8. The summed E-state index contributed by atoms with van der Waals surface area (Å²) in [5.74, 6) is -0.401. The van der Waals surface area contributed by atoms with Crippen LogP contribution in [0.25, 0.3) is 17.2 Å². The lowest BCUT2D eigenvalue weighted by Crippen LogP contribution is -2.44. The smallest absolute Gasteiger partial charge is 0.405 e. The standard InChI is InChI=1S/C26H31N7O5/c1-16(2)14-17-11-12-27-23-22(17)30-20(31-23)15-33-13-7-9-19(25(33)36)28-24(35)18(29-26(37)38)8-5-6-10-21(34)32(3)4/h6-7,9-14,18,29H,5,8,15H2,1-4H3,(H,28,35)(H,37,38)(H,27,30,31)/b10-6+. The van der Waals surface area contributed by atoms with Crippen LogP contribution in [0.5, 0.6) is 0 Å². The summed E-state index contributed by atoms with van der Waals surface area (Å²) in [7, 11) is 3.21. The molecule has 0 saturated carbocycles. The Morgan fingerprint density at radius 3 is 2.68 bits per heavy atom. The van der Waals surface area contributed by atoms with Crippen molar-refractivity contribution in [3.63, 3.8) is 0 Å². The van der Waals surface area contributed by atoms with Gasteiger partial charge in [-0.1, -0.05) is 17.7 Å². The van der Waals surface area contributed by atoms with Gasteiger partial charge in [0, 0.05) is 32.1 Å². The highest BCUT2D eigenvalue weighted by Crippen LogP contribution is 2.17. The van der Waals surface area contributed by atoms with E-state index in [1.807, 2.05) is 26.0 Å². The van der Waals surface area contributed by atoms with Gasteiger partial charge in [0.15, 0.2) is 5.65 Å². The molecule has 3 aromatic heterocycles. The zero-order valence-corrected chi connectivity index (χ0v) is 21.7. The molecule has 0 aliphatic carbocycles. The Balaban J connectivity index is 1.76. The molecule has 12 heteroatoms. The number of carbonyl (C=O) groups is 3. The van der Waals surface area contributed by atoms with E-state index in [9.17, 15) is 19.2 Å². The number of hydrogen-bond acceptors (Lipinski definition) is 6. The van der Waals surface area contributed by atoms with E-state index in [4.69, 9.17) is 5.11 Å². The number of allylic oxidation sites excluding steroid dienone is 2. The second-order valence-electron chi connectivity index (χ2n) is 9.06. The van der Waals surface area contributed by atoms with E-state index in [1.54, 1.807) is 38.6 Å². The van der Waals surface area contributed by atoms with Crippen molar-refractivity contribution in [1.82, 2.24) is 29.7 Å². The Bertz CT molecular complexity index is 1450. The van der Waals surface area contributed by atoms with Gasteiger partial charge in [0.25, 0.3) is 5.56 Å². The monoisotopic (exact) mass is 521 g/mol. The highest BCUT2D eigenvalue weighted by atomic mass is 16.4. The number of rotatable bonds is 10. The second kappa shape index (κ2) is 12.5. The predicted molar refractivity (Wildman–Crippen MR) is 144 cm³/mol. The molecular weight excluding hydrogens is 490 g/mol. The van der Waals surface area contributed by atoms with Crippen molar-refractivity contribution in [2.24, 2.45) is 0 Å². The van der Waals surface area contributed by atoms with Gasteiger partial charge in [-0.2, -0.15) is 0 Å². The van der Waals surface area contributed by atoms with Gasteiger partial charge >= 0.3 is 6.09 Å². The Hall–Kier alpha value is -4.74. The summed E-state index contributed by atoms with van der Waals surface area (Å²) in [6.45, 7) is 4.08. The molecule has 0 saturated heterocycles. The lowest BCUT2D eigenvalue weighted by Gasteiger charge is -2.16. The van der Waals surface area contributed by atoms with E-state index >= 15 is 0 Å². The molecule has 0 aliphatic rings. The minimum absolute atomic E-state index is 0.00696. The van der Waals surface area contributed by atoms with Crippen molar-refractivity contribution in [2.45, 2.75) is 39.3 Å². The van der Waals surface area contributed by atoms with Crippen LogP contribution >= 0.6 is 0 Å². The summed E-state index contributed by atoms with van der Waals surface area (Å²) >= 11 is 0. The fraction of sp³-hybridized carbons (Fsp3) is 0.308. The molecule has 12 nitrogen and oxygen atoms in total. The highest BCUT2D eigenvalue weighted by molar-refractivity contribution is 5.96. The summed E-state index contributed by atoms with van der Waals surface area (Å²) in [6.07, 6.45) is 7.13. The number of anilines is 1. The molecule has 4 N–H and O–H groups in total. The second-order valence-corrected chi connectivity index (χ2v) is 9.06. The molecule has 200 valence electrons. The summed E-state index contributed by atoms with van der Waals surface area (Å²) in [5.41, 5.74) is 2.83. The van der Waals surface area contributed by atoms with Crippen LogP contribution in [0, 0.1) is 0 Å². The van der Waals surface area contributed by atoms with Crippen molar-refractivity contribution < 1.29 is 19.5 Å². The van der Waals surface area contributed by atoms with Crippen LogP contribution in [0.2, 0.25) is 0 Å². The molecule has 0 aromatic carbocycles. The highest BCUT2D eigenvalue weighted by Gasteiger charge is 2.21. The maximum atomic E-state index is 13.1. The molecular formula is C26H31N7O5. The number of aromatic nitrogens is 4. The van der Waals surface area contributed by atoms with Crippen LogP contribution < -0.4 is 16.2 Å². The molecule has 1 atom stereocenters. The van der Waals surface area contributed by atoms with E-state index in [0.29, 0.717) is 11.5 Å². The number of H-pyrrole nitrogens is 1. The minimum atomic E-state index is -1.38. The molecule has 1 unspecified atom stereocenters. The topological polar surface area (TPSA) is 162 Å². The number of amides is 3. The summed E-state index contributed by atoms with van der Waals surface area (Å²) < 4.78 is 1.38. The quantitative estimate of drug-likeness (QED) is 0.298. The average Bonchev–Trinajstić information content (AvgIpc) is 3.26. The fourth-order valence-electron chi connectivity index (χ4n) is 3.64. The summed E-state index contributed by atoms with van der Waals surface area (Å²) in [6, 6.07) is 3.78. The molecule has 0 bridgehead atoms. The number of fused-ring (bicyclic) bond motifs is 1. The third-order valence-electron chi connectivity index (χ3n) is 5.45. The lowest BCUT2D eigenvalue weighted by molar-refractivity contribution is -0.123. The van der Waals surface area contributed by atoms with Crippen molar-refractivity contribution in [2.75, 3.05) is 19.4 Å². The summed E-state index contributed by atoms with van der Waals surface area (Å²) in [4.78, 5) is 62.2. The van der Waals surface area contributed by atoms with Gasteiger partial charge in [0.05, 0.1) is 12.1 Å². The minimum Gasteiger partial charge on any atom is -0.465 e. The molecule has 0 radical (unpaired) electrons. The Kier molecular flexibility index (Phi) is 9.14. The first kappa shape index (κ1) is 27.8. The third kappa shape index (κ3) is 7.38. The van der Waals surface area contributed by atoms with Crippen molar-refractivity contribution >= 4 is 40.8 Å². The van der Waals surface area contributed by atoms with E-state index in [1.165, 1.54) is 21.6 Å². The van der Waals surface area contributed by atoms with Crippen molar-refractivity contribution in [3.05, 3.63) is 70.1 Å². The molecule has 38 heavy (non-hydrogen) atoms. The third-order valence-corrected chi connectivity index (χ3v) is 5.45. The van der Waals surface area contributed by atoms with E-state index in [-0.39, 0.29) is 31.0 Å². The largest absolute Gasteiger partial charge is 0.465 e. The SMILES string of the molecule is CC(C)=Cc1ccnc2nc(Cn3cccc(NC(=O)C(CC/C=C/C(=O)N(C)C)NC(=O)O)c3=O)[nH]c12. The van der Waals surface area contributed by atoms with Crippen molar-refractivity contribution in [3.8, 4) is 0 Å². The van der Waals surface area contributed by atoms with Gasteiger partial charge < -0.3 is 30.2 Å². The molecule has 3 amide bonds. The zero-order valence-electron chi connectivity index (χ0n) is 21.7. The Labute approximate surface area is 219 Å². The number of likely N-dealkylation sites (N-methyl/N-ethyl adjacent to an activating group) is 1. The van der Waals surface area contributed by atoms with Crippen LogP contribution in [0.4, 0.5) is 10.5 Å². The molecule has 3 rings (SSSR count). The molecule has 3 aromatic rings. The molecule has 0 fully saturated rings. The van der Waals surface area contributed by atoms with Crippen LogP contribution in [0.15, 0.2) is 53.1 Å². The predicted octanol–water partition coefficient (Wildman–Crippen LogP) is 2.59. The van der Waals surface area contributed by atoms with Gasteiger partial charge in [-0.05, 0) is 51.0 Å². The van der Waals surface area contributed by atoms with Gasteiger partial charge in [-0.15, -0.1) is 0 Å². The fourth-order valence-corrected chi connectivity index (χ4v) is 3.64. The number of pyridine rings is 2. The summed E-state index contributed by atoms with van der Waals surface area (Å²) in [5, 5.41) is 13.8. The maximum absolute atomic E-state index is 13.1. The van der Waals surface area contributed by atoms with Crippen LogP contribution in [0.3, 0.4) is 0 Å². The van der Waals surface area contributed by atoms with Gasteiger partial charge in [0.1, 0.15) is 17.6 Å². The van der Waals surface area contributed by atoms with Crippen LogP contribution in [-0.2, 0) is 16.1 Å². The first-order valence-electron chi connectivity index (χ1n) is 11.9. The van der Waals surface area contributed by atoms with E-state index in [0.717, 1.165) is 16.7 Å². The van der Waals surface area contributed by atoms with Gasteiger partial charge in [-0.3, -0.25) is 14.4 Å². The number of nitrogens with zero attached hydrogens (tertiary/aromatic N) is 4. The maximum Gasteiger partial charge on any atom is 0.405 e. The average molecular weight is 522 g/mol. The number of carbonyl (C=O) groups excluding carboxylic acids is 2. The van der Waals surface area contributed by atoms with E-state index < -0.39 is 23.6 Å². The first-order valence-corrected chi connectivity index (χ1v) is 11.9. The van der Waals surface area contributed by atoms with Gasteiger partial charge in [0.2, 0.25) is 11.8 Å². The lowest BCUT2D eigenvalue weighted by atomic mass is 10.1. The first-order chi connectivity index (χ1) is 18.0. The number of nitrogens with one attached hydrogen (secondary N) is 3. The number of imidazole rings is 1. The molecule has 0 spiro atoms. The Morgan fingerprint density at radius 1 is 1.24 bits per heavy atom. The number of aromatic amines is 1.